The molecular weight excluding hydrogens is 246 g/mol. The zero-order chi connectivity index (χ0) is 13.9. The molecule has 0 saturated carbocycles. The number of piperidine rings is 1. The Labute approximate surface area is 121 Å². The van der Waals surface area contributed by atoms with Crippen LogP contribution in [0.25, 0.3) is 5.69 Å². The van der Waals surface area contributed by atoms with Gasteiger partial charge in [0.25, 0.3) is 0 Å². The molecule has 1 aromatic heterocycles. The summed E-state index contributed by atoms with van der Waals surface area (Å²) in [5.41, 5.74) is 3.88. The van der Waals surface area contributed by atoms with Crippen LogP contribution in [0, 0.1) is 0 Å². The van der Waals surface area contributed by atoms with Gasteiger partial charge < -0.3 is 5.32 Å². The lowest BCUT2D eigenvalue weighted by atomic mass is 9.94. The van der Waals surface area contributed by atoms with Crippen LogP contribution >= 0.6 is 0 Å². The van der Waals surface area contributed by atoms with Crippen LogP contribution in [0.15, 0.2) is 36.5 Å². The third kappa shape index (κ3) is 2.50. The molecule has 1 aromatic carbocycles. The molecule has 0 aliphatic carbocycles. The number of rotatable bonds is 3. The van der Waals surface area contributed by atoms with Gasteiger partial charge in [0.2, 0.25) is 0 Å². The van der Waals surface area contributed by atoms with Crippen molar-refractivity contribution in [2.24, 2.45) is 0 Å². The van der Waals surface area contributed by atoms with Crippen LogP contribution in [0.4, 0.5) is 0 Å². The van der Waals surface area contributed by atoms with E-state index >= 15 is 0 Å². The van der Waals surface area contributed by atoms with Gasteiger partial charge in [-0.3, -0.25) is 0 Å². The fourth-order valence-corrected chi connectivity index (χ4v) is 3.02. The summed E-state index contributed by atoms with van der Waals surface area (Å²) in [6.07, 6.45) is 5.84. The van der Waals surface area contributed by atoms with E-state index in [4.69, 9.17) is 0 Å². The Morgan fingerprint density at radius 2 is 2.00 bits per heavy atom. The molecule has 1 aliphatic heterocycles. The lowest BCUT2D eigenvalue weighted by molar-refractivity contribution is 0.396. The second kappa shape index (κ2) is 5.80. The largest absolute Gasteiger partial charge is 0.309 e. The zero-order valence-electron chi connectivity index (χ0n) is 12.3. The number of nitrogens with one attached hydrogen (secondary N) is 1. The monoisotopic (exact) mass is 269 g/mol. The van der Waals surface area contributed by atoms with Gasteiger partial charge in [-0.1, -0.05) is 38.5 Å². The van der Waals surface area contributed by atoms with Crippen molar-refractivity contribution in [1.29, 1.82) is 0 Å². The Morgan fingerprint density at radius 1 is 1.20 bits per heavy atom. The van der Waals surface area contributed by atoms with E-state index in [1.54, 1.807) is 0 Å². The van der Waals surface area contributed by atoms with E-state index in [1.807, 2.05) is 6.20 Å². The minimum Gasteiger partial charge on any atom is -0.309 e. The molecule has 3 nitrogen and oxygen atoms in total. The average molecular weight is 269 g/mol. The Morgan fingerprint density at radius 3 is 2.65 bits per heavy atom. The quantitative estimate of drug-likeness (QED) is 0.918. The Kier molecular flexibility index (Phi) is 3.88. The molecule has 1 atom stereocenters. The lowest BCUT2D eigenvalue weighted by Crippen LogP contribution is -2.29. The first-order chi connectivity index (χ1) is 9.77. The second-order valence-electron chi connectivity index (χ2n) is 5.89. The summed E-state index contributed by atoms with van der Waals surface area (Å²) in [6.45, 7) is 5.61. The number of nitrogens with zero attached hydrogens (tertiary/aromatic N) is 2. The van der Waals surface area contributed by atoms with Gasteiger partial charge in [-0.25, -0.2) is 4.68 Å². The summed E-state index contributed by atoms with van der Waals surface area (Å²) < 4.78 is 2.12. The van der Waals surface area contributed by atoms with Gasteiger partial charge in [0.15, 0.2) is 0 Å². The van der Waals surface area contributed by atoms with Crippen molar-refractivity contribution in [2.75, 3.05) is 6.54 Å². The fraction of sp³-hybridized carbons (Fsp3) is 0.471. The Bertz CT molecular complexity index is 551. The molecule has 0 amide bonds. The third-order valence-electron chi connectivity index (χ3n) is 4.10. The van der Waals surface area contributed by atoms with Crippen LogP contribution < -0.4 is 5.32 Å². The van der Waals surface area contributed by atoms with Gasteiger partial charge in [-0.2, -0.15) is 5.10 Å². The van der Waals surface area contributed by atoms with Gasteiger partial charge in [0, 0.05) is 6.04 Å². The van der Waals surface area contributed by atoms with Crippen molar-refractivity contribution in [3.05, 3.63) is 47.8 Å². The normalized spacial score (nSPS) is 19.4. The van der Waals surface area contributed by atoms with Gasteiger partial charge >= 0.3 is 0 Å². The summed E-state index contributed by atoms with van der Waals surface area (Å²) in [7, 11) is 0. The molecule has 1 aliphatic rings. The van der Waals surface area contributed by atoms with Crippen molar-refractivity contribution in [1.82, 2.24) is 15.1 Å². The third-order valence-corrected chi connectivity index (χ3v) is 4.10. The van der Waals surface area contributed by atoms with Crippen LogP contribution in [0.1, 0.15) is 56.3 Å². The van der Waals surface area contributed by atoms with Crippen molar-refractivity contribution in [3.63, 3.8) is 0 Å². The van der Waals surface area contributed by atoms with Crippen LogP contribution in [-0.2, 0) is 0 Å². The molecule has 2 aromatic rings. The summed E-state index contributed by atoms with van der Waals surface area (Å²) in [5, 5.41) is 8.33. The predicted octanol–water partition coefficient (Wildman–Crippen LogP) is 3.81. The molecule has 1 fully saturated rings. The first-order valence-corrected chi connectivity index (χ1v) is 7.64. The number of hydrogen-bond acceptors (Lipinski definition) is 2. The fourth-order valence-electron chi connectivity index (χ4n) is 3.02. The average Bonchev–Trinajstić information content (AvgIpc) is 2.94. The minimum absolute atomic E-state index is 0.434. The molecule has 3 heteroatoms. The van der Waals surface area contributed by atoms with Crippen LogP contribution in [0.2, 0.25) is 0 Å². The van der Waals surface area contributed by atoms with Crippen LogP contribution in [0.5, 0.6) is 0 Å². The van der Waals surface area contributed by atoms with Crippen molar-refractivity contribution >= 4 is 0 Å². The summed E-state index contributed by atoms with van der Waals surface area (Å²) >= 11 is 0. The van der Waals surface area contributed by atoms with Crippen molar-refractivity contribution in [3.8, 4) is 5.69 Å². The topological polar surface area (TPSA) is 29.9 Å². The molecule has 0 spiro atoms. The smallest absolute Gasteiger partial charge is 0.0649 e. The summed E-state index contributed by atoms with van der Waals surface area (Å²) in [5.74, 6) is 0.506. The van der Waals surface area contributed by atoms with E-state index < -0.39 is 0 Å². The maximum absolute atomic E-state index is 4.66. The highest BCUT2D eigenvalue weighted by atomic mass is 15.3. The molecule has 1 saturated heterocycles. The lowest BCUT2D eigenvalue weighted by Gasteiger charge is -2.26. The number of benzene rings is 1. The standard InChI is InChI=1S/C17H23N3/c1-13(2)15-12-19-20(14-8-4-3-5-9-14)17(15)16-10-6-7-11-18-16/h3-5,8-9,12-13,16,18H,6-7,10-11H2,1-2H3. The van der Waals surface area contributed by atoms with Crippen molar-refractivity contribution < 1.29 is 0 Å². The van der Waals surface area contributed by atoms with E-state index in [-0.39, 0.29) is 0 Å². The van der Waals surface area contributed by atoms with Crippen LogP contribution in [0.3, 0.4) is 0 Å². The van der Waals surface area contributed by atoms with E-state index in [1.165, 1.54) is 30.5 Å². The highest BCUT2D eigenvalue weighted by Gasteiger charge is 2.24. The Hall–Kier alpha value is -1.61. The van der Waals surface area contributed by atoms with Gasteiger partial charge in [-0.05, 0) is 43.0 Å². The van der Waals surface area contributed by atoms with Gasteiger partial charge in [0.1, 0.15) is 0 Å². The highest BCUT2D eigenvalue weighted by Crippen LogP contribution is 2.31. The van der Waals surface area contributed by atoms with E-state index in [0.29, 0.717) is 12.0 Å². The molecule has 1 unspecified atom stereocenters. The number of aromatic nitrogens is 2. The molecule has 1 N–H and O–H groups in total. The molecule has 0 radical (unpaired) electrons. The number of hydrogen-bond donors (Lipinski definition) is 1. The van der Waals surface area contributed by atoms with Crippen LogP contribution in [-0.4, -0.2) is 16.3 Å². The first-order valence-electron chi connectivity index (χ1n) is 7.64. The first kappa shape index (κ1) is 13.4. The molecule has 2 heterocycles. The highest BCUT2D eigenvalue weighted by molar-refractivity contribution is 5.37. The van der Waals surface area contributed by atoms with Crippen molar-refractivity contribution in [2.45, 2.75) is 45.1 Å². The summed E-state index contributed by atoms with van der Waals surface area (Å²) in [6, 6.07) is 10.9. The van der Waals surface area contributed by atoms with E-state index in [2.05, 4.69) is 59.3 Å². The molecule has 106 valence electrons. The number of para-hydroxylation sites is 1. The maximum atomic E-state index is 4.66. The van der Waals surface area contributed by atoms with E-state index in [0.717, 1.165) is 12.2 Å². The van der Waals surface area contributed by atoms with Gasteiger partial charge in [0.05, 0.1) is 17.6 Å². The Balaban J connectivity index is 2.06. The second-order valence-corrected chi connectivity index (χ2v) is 5.89. The molecule has 20 heavy (non-hydrogen) atoms. The van der Waals surface area contributed by atoms with E-state index in [9.17, 15) is 0 Å². The SMILES string of the molecule is CC(C)c1cnn(-c2ccccc2)c1C1CCCCN1. The molecule has 3 rings (SSSR count). The van der Waals surface area contributed by atoms with Gasteiger partial charge in [-0.15, -0.1) is 0 Å². The maximum Gasteiger partial charge on any atom is 0.0649 e. The zero-order valence-corrected chi connectivity index (χ0v) is 12.3. The molecular formula is C17H23N3. The molecule has 0 bridgehead atoms. The predicted molar refractivity (Wildman–Crippen MR) is 82.2 cm³/mol. The summed E-state index contributed by atoms with van der Waals surface area (Å²) in [4.78, 5) is 0. The minimum atomic E-state index is 0.434.